The van der Waals surface area contributed by atoms with Crippen molar-refractivity contribution in [2.75, 3.05) is 6.54 Å². The van der Waals surface area contributed by atoms with Crippen LogP contribution in [0.2, 0.25) is 0 Å². The van der Waals surface area contributed by atoms with Crippen molar-refractivity contribution in [3.63, 3.8) is 0 Å². The van der Waals surface area contributed by atoms with Crippen molar-refractivity contribution < 1.29 is 36.1 Å². The lowest BCUT2D eigenvalue weighted by Crippen LogP contribution is -2.47. The second-order valence-electron chi connectivity index (χ2n) is 11.4. The van der Waals surface area contributed by atoms with E-state index in [4.69, 9.17) is 4.52 Å². The molecule has 41 heavy (non-hydrogen) atoms. The van der Waals surface area contributed by atoms with Gasteiger partial charge in [0.1, 0.15) is 11.8 Å². The topological polar surface area (TPSA) is 114 Å². The van der Waals surface area contributed by atoms with Crippen LogP contribution in [0.15, 0.2) is 29.1 Å². The number of carbonyl (C=O) groups is 2. The van der Waals surface area contributed by atoms with E-state index >= 15 is 0 Å². The molecule has 3 fully saturated rings. The number of carbonyl (C=O) groups excluding carboxylic acids is 2. The van der Waals surface area contributed by atoms with Crippen molar-refractivity contribution >= 4 is 17.5 Å². The number of amides is 2. The van der Waals surface area contributed by atoms with Gasteiger partial charge in [-0.15, -0.1) is 0 Å². The Morgan fingerprint density at radius 2 is 1.95 bits per heavy atom. The number of nitrogens with zero attached hydrogens (tertiary/aromatic N) is 4. The summed E-state index contributed by atoms with van der Waals surface area (Å²) in [5.41, 5.74) is 2.13. The first-order valence-electron chi connectivity index (χ1n) is 13.8. The summed E-state index contributed by atoms with van der Waals surface area (Å²) < 4.78 is 74.2. The molecule has 3 atom stereocenters. The third kappa shape index (κ3) is 5.91. The summed E-state index contributed by atoms with van der Waals surface area (Å²) in [5, 5.41) is 13.8. The molecule has 9 nitrogen and oxygen atoms in total. The number of halogens is 5. The standard InChI is InChI=1S/C27H29F5N6O3/c28-26(29)7-5-15(6-8-26)23(35-25(40)19-13-41-37-22(19)14-1-2-14)20-12-38-21(34-20)4-3-18(36-38)10-16-9-17(27(30,31)32)11-33-24(16)39/h3-4,12-17,23H,1-2,5-11H2,(H,33,39)(H,35,40)/t16?,17-,23+/m1/s1. The van der Waals surface area contributed by atoms with Gasteiger partial charge in [0.15, 0.2) is 5.65 Å². The SMILES string of the molecule is O=C(N[C@H](c1cn2nc(CC3C[C@@H](C(F)(F)F)CNC3=O)ccc2n1)C1CCC(F)(F)CC1)c1conc1C1CC1. The molecule has 2 N–H and O–H groups in total. The fourth-order valence-corrected chi connectivity index (χ4v) is 5.89. The summed E-state index contributed by atoms with van der Waals surface area (Å²) in [4.78, 5) is 30.2. The van der Waals surface area contributed by atoms with Crippen LogP contribution in [0.4, 0.5) is 22.0 Å². The van der Waals surface area contributed by atoms with Crippen LogP contribution in [0.5, 0.6) is 0 Å². The van der Waals surface area contributed by atoms with E-state index < -0.39 is 48.3 Å². The van der Waals surface area contributed by atoms with Gasteiger partial charge in [-0.3, -0.25) is 9.59 Å². The number of imidazole rings is 1. The van der Waals surface area contributed by atoms with Crippen LogP contribution < -0.4 is 10.6 Å². The van der Waals surface area contributed by atoms with E-state index in [0.717, 1.165) is 12.8 Å². The maximum Gasteiger partial charge on any atom is 0.393 e. The van der Waals surface area contributed by atoms with Crippen LogP contribution in [0.25, 0.3) is 5.65 Å². The maximum atomic E-state index is 14.0. The molecule has 0 bridgehead atoms. The van der Waals surface area contributed by atoms with Gasteiger partial charge >= 0.3 is 6.18 Å². The molecule has 3 aromatic heterocycles. The third-order valence-corrected chi connectivity index (χ3v) is 8.42. The maximum absolute atomic E-state index is 14.0. The van der Waals surface area contributed by atoms with E-state index in [1.807, 2.05) is 0 Å². The Labute approximate surface area is 231 Å². The van der Waals surface area contributed by atoms with Gasteiger partial charge in [0.2, 0.25) is 11.8 Å². The molecule has 3 aliphatic rings. The highest BCUT2D eigenvalue weighted by Crippen LogP contribution is 2.43. The van der Waals surface area contributed by atoms with Crippen molar-refractivity contribution in [3.05, 3.63) is 47.2 Å². The van der Waals surface area contributed by atoms with Crippen molar-refractivity contribution in [1.29, 1.82) is 0 Å². The molecule has 3 aromatic rings. The van der Waals surface area contributed by atoms with Gasteiger partial charge in [-0.2, -0.15) is 18.3 Å². The zero-order chi connectivity index (χ0) is 28.9. The first-order chi connectivity index (χ1) is 19.5. The van der Waals surface area contributed by atoms with Crippen LogP contribution >= 0.6 is 0 Å². The Balaban J connectivity index is 1.24. The van der Waals surface area contributed by atoms with E-state index in [0.29, 0.717) is 28.3 Å². The number of nitrogens with one attached hydrogen (secondary N) is 2. The zero-order valence-electron chi connectivity index (χ0n) is 22.0. The van der Waals surface area contributed by atoms with Gasteiger partial charge in [0, 0.05) is 37.6 Å². The third-order valence-electron chi connectivity index (χ3n) is 8.42. The highest BCUT2D eigenvalue weighted by Gasteiger charge is 2.45. The summed E-state index contributed by atoms with van der Waals surface area (Å²) >= 11 is 0. The fourth-order valence-electron chi connectivity index (χ4n) is 5.89. The molecule has 1 aliphatic heterocycles. The second kappa shape index (κ2) is 10.4. The van der Waals surface area contributed by atoms with E-state index in [9.17, 15) is 31.5 Å². The van der Waals surface area contributed by atoms with Crippen molar-refractivity contribution in [1.82, 2.24) is 30.4 Å². The summed E-state index contributed by atoms with van der Waals surface area (Å²) in [7, 11) is 0. The van der Waals surface area contributed by atoms with Gasteiger partial charge in [-0.1, -0.05) is 5.16 Å². The molecule has 1 unspecified atom stereocenters. The summed E-state index contributed by atoms with van der Waals surface area (Å²) in [6, 6.07) is 2.54. The van der Waals surface area contributed by atoms with E-state index in [-0.39, 0.29) is 50.4 Å². The van der Waals surface area contributed by atoms with Crippen LogP contribution in [0, 0.1) is 17.8 Å². The van der Waals surface area contributed by atoms with E-state index in [2.05, 4.69) is 25.9 Å². The Hall–Kier alpha value is -3.58. The average molecular weight is 581 g/mol. The summed E-state index contributed by atoms with van der Waals surface area (Å²) in [5.74, 6) is -6.28. The molecule has 0 radical (unpaired) electrons. The molecule has 0 aromatic carbocycles. The van der Waals surface area contributed by atoms with Gasteiger partial charge in [0.25, 0.3) is 5.91 Å². The minimum Gasteiger partial charge on any atom is -0.364 e. The van der Waals surface area contributed by atoms with Gasteiger partial charge < -0.3 is 15.2 Å². The Morgan fingerprint density at radius 1 is 1.20 bits per heavy atom. The molecule has 0 spiro atoms. The minimum absolute atomic E-state index is 0.0111. The normalized spacial score (nSPS) is 24.3. The van der Waals surface area contributed by atoms with E-state index in [1.54, 1.807) is 18.3 Å². The summed E-state index contributed by atoms with van der Waals surface area (Å²) in [6.07, 6.45) is -0.262. The number of aromatic nitrogens is 4. The lowest BCUT2D eigenvalue weighted by molar-refractivity contribution is -0.183. The van der Waals surface area contributed by atoms with Crippen LogP contribution in [-0.2, 0) is 11.2 Å². The van der Waals surface area contributed by atoms with Crippen molar-refractivity contribution in [2.45, 2.75) is 75.4 Å². The molecule has 6 rings (SSSR count). The lowest BCUT2D eigenvalue weighted by atomic mass is 9.81. The van der Waals surface area contributed by atoms with Crippen molar-refractivity contribution in [2.24, 2.45) is 17.8 Å². The second-order valence-corrected chi connectivity index (χ2v) is 11.4. The average Bonchev–Trinajstić information content (AvgIpc) is 3.48. The Morgan fingerprint density at radius 3 is 2.66 bits per heavy atom. The molecule has 4 heterocycles. The monoisotopic (exact) mass is 580 g/mol. The van der Waals surface area contributed by atoms with Gasteiger partial charge in [-0.25, -0.2) is 18.3 Å². The Bertz CT molecular complexity index is 1440. The molecule has 2 aliphatic carbocycles. The number of fused-ring (bicyclic) bond motifs is 1. The number of hydrogen-bond donors (Lipinski definition) is 2. The van der Waals surface area contributed by atoms with E-state index in [1.165, 1.54) is 10.8 Å². The molecule has 2 amide bonds. The fraction of sp³-hybridized carbons (Fsp3) is 0.593. The summed E-state index contributed by atoms with van der Waals surface area (Å²) in [6.45, 7) is -0.437. The molecule has 220 valence electrons. The van der Waals surface area contributed by atoms with Gasteiger partial charge in [-0.05, 0) is 50.2 Å². The van der Waals surface area contributed by atoms with Gasteiger partial charge in [0.05, 0.1) is 35.2 Å². The highest BCUT2D eigenvalue weighted by molar-refractivity contribution is 5.95. The molecule has 14 heteroatoms. The molecular formula is C27H29F5N6O3. The molecule has 1 saturated heterocycles. The quantitative estimate of drug-likeness (QED) is 0.390. The molecule has 2 saturated carbocycles. The lowest BCUT2D eigenvalue weighted by Gasteiger charge is -2.33. The predicted molar refractivity (Wildman–Crippen MR) is 133 cm³/mol. The van der Waals surface area contributed by atoms with Crippen LogP contribution in [0.3, 0.4) is 0 Å². The Kier molecular flexibility index (Phi) is 6.97. The smallest absolute Gasteiger partial charge is 0.364 e. The first-order valence-corrected chi connectivity index (χ1v) is 13.8. The predicted octanol–water partition coefficient (Wildman–Crippen LogP) is 4.75. The van der Waals surface area contributed by atoms with Crippen molar-refractivity contribution in [3.8, 4) is 0 Å². The number of hydrogen-bond acceptors (Lipinski definition) is 6. The zero-order valence-corrected chi connectivity index (χ0v) is 22.0. The van der Waals surface area contributed by atoms with Crippen LogP contribution in [-0.4, -0.2) is 50.2 Å². The molecular weight excluding hydrogens is 551 g/mol. The van der Waals surface area contributed by atoms with Crippen LogP contribution in [0.1, 0.15) is 84.3 Å². The minimum atomic E-state index is -4.41. The number of piperidine rings is 1. The number of rotatable bonds is 7. The first kappa shape index (κ1) is 27.6. The number of alkyl halides is 5. The highest BCUT2D eigenvalue weighted by atomic mass is 19.4. The largest absolute Gasteiger partial charge is 0.393 e.